The number of ether oxygens (including phenoxy) is 1. The molecule has 1 aliphatic carbocycles. The van der Waals surface area contributed by atoms with Crippen LogP contribution >= 0.6 is 15.9 Å². The van der Waals surface area contributed by atoms with Crippen LogP contribution in [0.3, 0.4) is 0 Å². The topological polar surface area (TPSA) is 29.5 Å². The predicted octanol–water partition coefficient (Wildman–Crippen LogP) is 3.80. The highest BCUT2D eigenvalue weighted by Gasteiger charge is 2.43. The molecule has 1 aromatic rings. The molecule has 18 heavy (non-hydrogen) atoms. The van der Waals surface area contributed by atoms with Gasteiger partial charge in [-0.3, -0.25) is 0 Å². The zero-order valence-electron chi connectivity index (χ0n) is 11.2. The van der Waals surface area contributed by atoms with Crippen molar-refractivity contribution in [2.75, 3.05) is 7.11 Å². The second kappa shape index (κ2) is 5.22. The van der Waals surface area contributed by atoms with Crippen molar-refractivity contribution in [3.05, 3.63) is 28.2 Å². The van der Waals surface area contributed by atoms with Crippen molar-refractivity contribution in [1.29, 1.82) is 0 Å². The van der Waals surface area contributed by atoms with Crippen LogP contribution in [0.2, 0.25) is 0 Å². The Morgan fingerprint density at radius 2 is 2.11 bits per heavy atom. The van der Waals surface area contributed by atoms with E-state index in [4.69, 9.17) is 4.74 Å². The van der Waals surface area contributed by atoms with Crippen molar-refractivity contribution in [3.63, 3.8) is 0 Å². The van der Waals surface area contributed by atoms with Gasteiger partial charge in [0.2, 0.25) is 0 Å². The van der Waals surface area contributed by atoms with E-state index in [1.807, 2.05) is 18.2 Å². The highest BCUT2D eigenvalue weighted by Crippen LogP contribution is 2.44. The molecule has 100 valence electrons. The molecule has 1 N–H and O–H groups in total. The Morgan fingerprint density at radius 3 is 2.61 bits per heavy atom. The van der Waals surface area contributed by atoms with E-state index >= 15 is 0 Å². The van der Waals surface area contributed by atoms with Gasteiger partial charge in [0.15, 0.2) is 0 Å². The molecular weight excluding hydrogens is 292 g/mol. The lowest BCUT2D eigenvalue weighted by atomic mass is 9.64. The van der Waals surface area contributed by atoms with E-state index in [0.29, 0.717) is 11.8 Å². The summed E-state index contributed by atoms with van der Waals surface area (Å²) < 4.78 is 6.16. The molecule has 1 fully saturated rings. The third kappa shape index (κ3) is 2.89. The summed E-state index contributed by atoms with van der Waals surface area (Å²) >= 11 is 3.48. The predicted molar refractivity (Wildman–Crippen MR) is 76.9 cm³/mol. The summed E-state index contributed by atoms with van der Waals surface area (Å²) in [4.78, 5) is 0. The lowest BCUT2D eigenvalue weighted by Crippen LogP contribution is -2.47. The van der Waals surface area contributed by atoms with Crippen molar-refractivity contribution >= 4 is 15.9 Å². The number of methoxy groups -OCH3 is 1. The van der Waals surface area contributed by atoms with Gasteiger partial charge in [0.05, 0.1) is 17.2 Å². The number of hydrogen-bond donors (Lipinski definition) is 1. The highest BCUT2D eigenvalue weighted by atomic mass is 79.9. The Balaban J connectivity index is 2.00. The Hall–Kier alpha value is -0.540. The van der Waals surface area contributed by atoms with Crippen molar-refractivity contribution in [1.82, 2.24) is 0 Å². The molecule has 0 saturated heterocycles. The molecular formula is C15H21BrO2. The molecule has 0 aromatic heterocycles. The molecule has 2 nitrogen and oxygen atoms in total. The van der Waals surface area contributed by atoms with Crippen molar-refractivity contribution in [3.8, 4) is 5.75 Å². The van der Waals surface area contributed by atoms with Crippen molar-refractivity contribution < 1.29 is 9.84 Å². The fourth-order valence-corrected chi connectivity index (χ4v) is 3.32. The van der Waals surface area contributed by atoms with Crippen LogP contribution in [0.4, 0.5) is 0 Å². The summed E-state index contributed by atoms with van der Waals surface area (Å²) in [5.41, 5.74) is 0.663. The molecule has 0 unspecified atom stereocenters. The van der Waals surface area contributed by atoms with Crippen LogP contribution in [0.25, 0.3) is 0 Å². The Morgan fingerprint density at radius 1 is 1.44 bits per heavy atom. The van der Waals surface area contributed by atoms with E-state index in [1.54, 1.807) is 7.11 Å². The standard InChI is InChI=1S/C15H21BrO2/c1-10(2)12-8-15(17,9-12)7-11-4-5-14(18-3)13(16)6-11/h4-6,10,12,17H,7-9H2,1-3H3. The first-order chi connectivity index (χ1) is 8.43. The van der Waals surface area contributed by atoms with Gasteiger partial charge in [0.1, 0.15) is 5.75 Å². The van der Waals surface area contributed by atoms with Gasteiger partial charge in [-0.05, 0) is 58.3 Å². The smallest absolute Gasteiger partial charge is 0.133 e. The van der Waals surface area contributed by atoms with Gasteiger partial charge < -0.3 is 9.84 Å². The van der Waals surface area contributed by atoms with Gasteiger partial charge in [-0.1, -0.05) is 19.9 Å². The van der Waals surface area contributed by atoms with Gasteiger partial charge in [0, 0.05) is 6.42 Å². The quantitative estimate of drug-likeness (QED) is 0.916. The highest BCUT2D eigenvalue weighted by molar-refractivity contribution is 9.10. The monoisotopic (exact) mass is 312 g/mol. The Bertz CT molecular complexity index is 423. The fraction of sp³-hybridized carbons (Fsp3) is 0.600. The summed E-state index contributed by atoms with van der Waals surface area (Å²) in [7, 11) is 1.66. The van der Waals surface area contributed by atoms with Crippen LogP contribution in [-0.4, -0.2) is 17.8 Å². The maximum atomic E-state index is 10.5. The Labute approximate surface area is 117 Å². The second-order valence-corrected chi connectivity index (χ2v) is 6.64. The third-order valence-corrected chi connectivity index (χ3v) is 4.60. The molecule has 3 heteroatoms. The summed E-state index contributed by atoms with van der Waals surface area (Å²) in [6.45, 7) is 4.46. The van der Waals surface area contributed by atoms with E-state index in [0.717, 1.165) is 35.0 Å². The molecule has 0 spiro atoms. The van der Waals surface area contributed by atoms with Crippen molar-refractivity contribution in [2.24, 2.45) is 11.8 Å². The van der Waals surface area contributed by atoms with Crippen LogP contribution in [0.5, 0.6) is 5.75 Å². The molecule has 0 heterocycles. The zero-order valence-corrected chi connectivity index (χ0v) is 12.8. The number of aliphatic hydroxyl groups is 1. The maximum Gasteiger partial charge on any atom is 0.133 e. The molecule has 1 aromatic carbocycles. The molecule has 0 aliphatic heterocycles. The minimum atomic E-state index is -0.497. The number of rotatable bonds is 4. The number of halogens is 1. The fourth-order valence-electron chi connectivity index (χ4n) is 2.73. The molecule has 1 aliphatic rings. The van der Waals surface area contributed by atoms with E-state index in [1.165, 1.54) is 0 Å². The SMILES string of the molecule is COc1ccc(CC2(O)CC(C(C)C)C2)cc1Br. The van der Waals surface area contributed by atoms with Crippen LogP contribution in [0.1, 0.15) is 32.3 Å². The molecule has 0 bridgehead atoms. The molecule has 0 radical (unpaired) electrons. The summed E-state index contributed by atoms with van der Waals surface area (Å²) in [5.74, 6) is 2.18. The van der Waals surface area contributed by atoms with Crippen LogP contribution < -0.4 is 4.74 Å². The largest absolute Gasteiger partial charge is 0.496 e. The second-order valence-electron chi connectivity index (χ2n) is 5.78. The van der Waals surface area contributed by atoms with E-state index in [9.17, 15) is 5.11 Å². The van der Waals surface area contributed by atoms with Crippen LogP contribution in [0.15, 0.2) is 22.7 Å². The molecule has 0 atom stereocenters. The number of hydrogen-bond acceptors (Lipinski definition) is 2. The molecule has 1 saturated carbocycles. The summed E-state index contributed by atoms with van der Waals surface area (Å²) in [6, 6.07) is 6.02. The van der Waals surface area contributed by atoms with E-state index < -0.39 is 5.60 Å². The average molecular weight is 313 g/mol. The lowest BCUT2D eigenvalue weighted by Gasteiger charge is -2.46. The van der Waals surface area contributed by atoms with Gasteiger partial charge in [-0.25, -0.2) is 0 Å². The van der Waals surface area contributed by atoms with Gasteiger partial charge in [0.25, 0.3) is 0 Å². The van der Waals surface area contributed by atoms with Gasteiger partial charge in [-0.2, -0.15) is 0 Å². The molecule has 0 amide bonds. The number of benzene rings is 1. The summed E-state index contributed by atoms with van der Waals surface area (Å²) in [6.07, 6.45) is 2.58. The van der Waals surface area contributed by atoms with Gasteiger partial charge >= 0.3 is 0 Å². The van der Waals surface area contributed by atoms with Crippen LogP contribution in [0, 0.1) is 11.8 Å². The zero-order chi connectivity index (χ0) is 13.3. The first-order valence-corrected chi connectivity index (χ1v) is 7.27. The lowest BCUT2D eigenvalue weighted by molar-refractivity contribution is -0.0860. The molecule has 2 rings (SSSR count). The maximum absolute atomic E-state index is 10.5. The average Bonchev–Trinajstić information content (AvgIpc) is 2.25. The normalized spacial score (nSPS) is 27.1. The van der Waals surface area contributed by atoms with E-state index in [2.05, 4.69) is 29.8 Å². The minimum absolute atomic E-state index is 0.497. The minimum Gasteiger partial charge on any atom is -0.496 e. The Kier molecular flexibility index (Phi) is 4.02. The third-order valence-electron chi connectivity index (χ3n) is 3.98. The van der Waals surface area contributed by atoms with Gasteiger partial charge in [-0.15, -0.1) is 0 Å². The van der Waals surface area contributed by atoms with Crippen molar-refractivity contribution in [2.45, 2.75) is 38.7 Å². The van der Waals surface area contributed by atoms with Crippen LogP contribution in [-0.2, 0) is 6.42 Å². The first kappa shape index (κ1) is 13.9. The summed E-state index contributed by atoms with van der Waals surface area (Å²) in [5, 5.41) is 10.5. The van der Waals surface area contributed by atoms with E-state index in [-0.39, 0.29) is 0 Å². The first-order valence-electron chi connectivity index (χ1n) is 6.48.